The van der Waals surface area contributed by atoms with Crippen LogP contribution in [0.1, 0.15) is 44.9 Å². The molecule has 2 aliphatic rings. The Labute approximate surface area is 120 Å². The van der Waals surface area contributed by atoms with Crippen LogP contribution in [0.25, 0.3) is 0 Å². The second-order valence-corrected chi connectivity index (χ2v) is 6.10. The summed E-state index contributed by atoms with van der Waals surface area (Å²) in [7, 11) is 0. The van der Waals surface area contributed by atoms with Crippen molar-refractivity contribution < 1.29 is 4.74 Å². The molecule has 0 aromatic heterocycles. The fraction of sp³-hybridized carbons (Fsp3) is 0.588. The van der Waals surface area contributed by atoms with Crippen molar-refractivity contribution in [1.82, 2.24) is 5.32 Å². The highest BCUT2D eigenvalue weighted by atomic mass is 16.5. The lowest BCUT2D eigenvalue weighted by Crippen LogP contribution is -2.55. The van der Waals surface area contributed by atoms with Gasteiger partial charge in [0.05, 0.1) is 12.2 Å². The molecule has 2 saturated carbocycles. The molecule has 3 rings (SSSR count). The van der Waals surface area contributed by atoms with Crippen molar-refractivity contribution >= 4 is 0 Å². The minimum absolute atomic E-state index is 0.211. The van der Waals surface area contributed by atoms with Crippen LogP contribution in [0.4, 0.5) is 0 Å². The Balaban J connectivity index is 1.46. The molecule has 3 heteroatoms. The lowest BCUT2D eigenvalue weighted by molar-refractivity contribution is 0.121. The molecule has 2 fully saturated rings. The molecule has 1 N–H and O–H groups in total. The number of rotatable bonds is 4. The Kier molecular flexibility index (Phi) is 3.93. The number of ether oxygens (including phenoxy) is 1. The maximum atomic E-state index is 9.28. The first-order valence-corrected chi connectivity index (χ1v) is 7.70. The van der Waals surface area contributed by atoms with Gasteiger partial charge in [-0.25, -0.2) is 0 Å². The summed E-state index contributed by atoms with van der Waals surface area (Å²) in [6.45, 7) is 0. The number of hydrogen-bond acceptors (Lipinski definition) is 3. The third-order valence-corrected chi connectivity index (χ3v) is 4.62. The Morgan fingerprint density at radius 2 is 1.80 bits per heavy atom. The van der Waals surface area contributed by atoms with Crippen LogP contribution in [-0.4, -0.2) is 17.7 Å². The molecule has 0 amide bonds. The smallest absolute Gasteiger partial charge is 0.119 e. The van der Waals surface area contributed by atoms with E-state index in [0.717, 1.165) is 44.3 Å². The summed E-state index contributed by atoms with van der Waals surface area (Å²) < 4.78 is 6.01. The molecule has 0 saturated heterocycles. The number of nitriles is 1. The maximum absolute atomic E-state index is 9.28. The van der Waals surface area contributed by atoms with Gasteiger partial charge >= 0.3 is 0 Å². The zero-order valence-electron chi connectivity index (χ0n) is 11.8. The predicted molar refractivity (Wildman–Crippen MR) is 78.4 cm³/mol. The van der Waals surface area contributed by atoms with Gasteiger partial charge in [0.2, 0.25) is 0 Å². The Hall–Kier alpha value is -1.53. The van der Waals surface area contributed by atoms with E-state index in [1.54, 1.807) is 0 Å². The van der Waals surface area contributed by atoms with Crippen molar-refractivity contribution in [3.8, 4) is 11.8 Å². The molecule has 106 valence electrons. The van der Waals surface area contributed by atoms with Gasteiger partial charge in [-0.15, -0.1) is 0 Å². The normalized spacial score (nSPS) is 28.1. The molecule has 1 aromatic rings. The van der Waals surface area contributed by atoms with Crippen LogP contribution in [0.15, 0.2) is 30.3 Å². The van der Waals surface area contributed by atoms with Crippen molar-refractivity contribution in [3.05, 3.63) is 30.3 Å². The van der Waals surface area contributed by atoms with Crippen LogP contribution in [0.2, 0.25) is 0 Å². The van der Waals surface area contributed by atoms with E-state index in [4.69, 9.17) is 4.74 Å². The molecule has 0 unspecified atom stereocenters. The molecule has 2 aliphatic carbocycles. The zero-order valence-corrected chi connectivity index (χ0v) is 11.8. The van der Waals surface area contributed by atoms with E-state index < -0.39 is 0 Å². The van der Waals surface area contributed by atoms with Crippen molar-refractivity contribution in [3.63, 3.8) is 0 Å². The molecule has 0 spiro atoms. The van der Waals surface area contributed by atoms with Gasteiger partial charge in [-0.1, -0.05) is 18.2 Å². The van der Waals surface area contributed by atoms with E-state index in [-0.39, 0.29) is 5.54 Å². The van der Waals surface area contributed by atoms with Crippen molar-refractivity contribution in [2.75, 3.05) is 0 Å². The van der Waals surface area contributed by atoms with Gasteiger partial charge in [0.25, 0.3) is 0 Å². The predicted octanol–water partition coefficient (Wildman–Crippen LogP) is 3.41. The molecular weight excluding hydrogens is 248 g/mol. The van der Waals surface area contributed by atoms with E-state index in [9.17, 15) is 5.26 Å². The molecule has 0 heterocycles. The van der Waals surface area contributed by atoms with Crippen molar-refractivity contribution in [2.24, 2.45) is 0 Å². The Bertz CT molecular complexity index is 468. The Morgan fingerprint density at radius 1 is 1.10 bits per heavy atom. The minimum Gasteiger partial charge on any atom is -0.490 e. The first-order valence-electron chi connectivity index (χ1n) is 7.70. The van der Waals surface area contributed by atoms with Gasteiger partial charge in [0.15, 0.2) is 0 Å². The second kappa shape index (κ2) is 5.85. The lowest BCUT2D eigenvalue weighted by Gasteiger charge is -2.41. The largest absolute Gasteiger partial charge is 0.490 e. The molecule has 0 aliphatic heterocycles. The first-order chi connectivity index (χ1) is 9.80. The van der Waals surface area contributed by atoms with Gasteiger partial charge in [-0.05, 0) is 57.1 Å². The third kappa shape index (κ3) is 2.96. The van der Waals surface area contributed by atoms with Crippen LogP contribution < -0.4 is 10.1 Å². The summed E-state index contributed by atoms with van der Waals surface area (Å²) in [6, 6.07) is 13.0. The highest BCUT2D eigenvalue weighted by molar-refractivity contribution is 5.21. The number of benzene rings is 1. The molecular formula is C17H22N2O. The van der Waals surface area contributed by atoms with Crippen LogP contribution in [0.3, 0.4) is 0 Å². The Morgan fingerprint density at radius 3 is 2.35 bits per heavy atom. The van der Waals surface area contributed by atoms with Crippen molar-refractivity contribution in [1.29, 1.82) is 5.26 Å². The molecule has 0 radical (unpaired) electrons. The SMILES string of the molecule is N#CC1(N[C@H]2CC[C@H](Oc3ccccc3)CC2)CCC1. The summed E-state index contributed by atoms with van der Waals surface area (Å²) in [5.74, 6) is 0.969. The maximum Gasteiger partial charge on any atom is 0.119 e. The van der Waals surface area contributed by atoms with E-state index >= 15 is 0 Å². The summed E-state index contributed by atoms with van der Waals surface area (Å²) in [6.07, 6.45) is 7.93. The van der Waals surface area contributed by atoms with Crippen LogP contribution >= 0.6 is 0 Å². The van der Waals surface area contributed by atoms with Gasteiger partial charge in [0, 0.05) is 6.04 Å². The van der Waals surface area contributed by atoms with Gasteiger partial charge < -0.3 is 4.74 Å². The topological polar surface area (TPSA) is 45.0 Å². The van der Waals surface area contributed by atoms with Gasteiger partial charge in [-0.3, -0.25) is 5.32 Å². The quantitative estimate of drug-likeness (QED) is 0.912. The average molecular weight is 270 g/mol. The fourth-order valence-corrected chi connectivity index (χ4v) is 3.23. The summed E-state index contributed by atoms with van der Waals surface area (Å²) in [5.41, 5.74) is -0.211. The monoisotopic (exact) mass is 270 g/mol. The molecule has 1 aromatic carbocycles. The average Bonchev–Trinajstić information content (AvgIpc) is 2.46. The number of hydrogen-bond donors (Lipinski definition) is 1. The summed E-state index contributed by atoms with van der Waals surface area (Å²) in [5, 5.41) is 12.9. The summed E-state index contributed by atoms with van der Waals surface area (Å²) in [4.78, 5) is 0. The summed E-state index contributed by atoms with van der Waals surface area (Å²) >= 11 is 0. The zero-order chi connectivity index (χ0) is 13.8. The van der Waals surface area contributed by atoms with E-state index in [1.807, 2.05) is 30.3 Å². The van der Waals surface area contributed by atoms with Crippen LogP contribution in [-0.2, 0) is 0 Å². The fourth-order valence-electron chi connectivity index (χ4n) is 3.23. The lowest BCUT2D eigenvalue weighted by atomic mass is 9.76. The van der Waals surface area contributed by atoms with E-state index in [1.165, 1.54) is 6.42 Å². The van der Waals surface area contributed by atoms with E-state index in [2.05, 4.69) is 11.4 Å². The molecule has 3 nitrogen and oxygen atoms in total. The standard InChI is InChI=1S/C17H22N2O/c18-13-17(11-4-12-17)19-14-7-9-16(10-8-14)20-15-5-2-1-3-6-15/h1-3,5-6,14,16,19H,4,7-12H2/t14-,16-. The van der Waals surface area contributed by atoms with Gasteiger partial charge in [-0.2, -0.15) is 5.26 Å². The highest BCUT2D eigenvalue weighted by Crippen LogP contribution is 2.33. The number of nitrogens with zero attached hydrogens (tertiary/aromatic N) is 1. The highest BCUT2D eigenvalue weighted by Gasteiger charge is 2.39. The number of nitrogens with one attached hydrogen (secondary N) is 1. The minimum atomic E-state index is -0.211. The third-order valence-electron chi connectivity index (χ3n) is 4.62. The first kappa shape index (κ1) is 13.5. The van der Waals surface area contributed by atoms with E-state index in [0.29, 0.717) is 12.1 Å². The second-order valence-electron chi connectivity index (χ2n) is 6.10. The van der Waals surface area contributed by atoms with Gasteiger partial charge in [0.1, 0.15) is 11.3 Å². The van der Waals surface area contributed by atoms with Crippen LogP contribution in [0.5, 0.6) is 5.75 Å². The number of para-hydroxylation sites is 1. The van der Waals surface area contributed by atoms with Crippen molar-refractivity contribution in [2.45, 2.75) is 62.6 Å². The molecule has 0 bridgehead atoms. The van der Waals surface area contributed by atoms with Crippen LogP contribution in [0, 0.1) is 11.3 Å². The molecule has 0 atom stereocenters. The molecule has 20 heavy (non-hydrogen) atoms.